The Morgan fingerprint density at radius 3 is 2.43 bits per heavy atom. The normalized spacial score (nSPS) is 18.3. The molecule has 5 heteroatoms. The number of rotatable bonds is 6. The summed E-state index contributed by atoms with van der Waals surface area (Å²) in [4.78, 5) is 0.393. The van der Waals surface area contributed by atoms with Crippen molar-refractivity contribution in [3.8, 4) is 0 Å². The molecule has 0 spiro atoms. The van der Waals surface area contributed by atoms with Crippen LogP contribution in [0.3, 0.4) is 0 Å². The van der Waals surface area contributed by atoms with E-state index in [1.807, 2.05) is 18.2 Å². The molecule has 1 aliphatic heterocycles. The highest BCUT2D eigenvalue weighted by Crippen LogP contribution is 2.22. The van der Waals surface area contributed by atoms with Crippen molar-refractivity contribution in [2.24, 2.45) is 0 Å². The zero-order chi connectivity index (χ0) is 15.3. The van der Waals surface area contributed by atoms with Crippen LogP contribution in [0.1, 0.15) is 37.8 Å². The molecule has 1 fully saturated rings. The highest BCUT2D eigenvalue weighted by molar-refractivity contribution is 7.89. The van der Waals surface area contributed by atoms with Crippen molar-refractivity contribution in [3.05, 3.63) is 42.5 Å². The first-order valence-corrected chi connectivity index (χ1v) is 8.94. The number of nitrogens with one attached hydrogen (secondary N) is 1. The number of nitrogens with zero attached hydrogens (tertiary/aromatic N) is 1. The molecule has 1 aromatic rings. The molecule has 1 atom stereocenters. The van der Waals surface area contributed by atoms with Crippen LogP contribution in [0.2, 0.25) is 0 Å². The van der Waals surface area contributed by atoms with Crippen LogP contribution in [-0.2, 0) is 10.0 Å². The van der Waals surface area contributed by atoms with Gasteiger partial charge in [-0.25, -0.2) is 8.42 Å². The number of sulfonamides is 1. The molecule has 1 aromatic carbocycles. The second-order valence-electron chi connectivity index (χ2n) is 5.45. The summed E-state index contributed by atoms with van der Waals surface area (Å²) in [5.41, 5.74) is 1.08. The molecule has 0 amide bonds. The van der Waals surface area contributed by atoms with Gasteiger partial charge >= 0.3 is 0 Å². The first-order valence-electron chi connectivity index (χ1n) is 7.50. The standard InChI is InChI=1S/C16H24N2O2S/c1-3-11-17-14(2)15-7-9-16(10-8-15)21(19,20)18-12-5-4-6-13-18/h3,7-10,14,17H,1,4-6,11-13H2,2H3/t14-/m0/s1. The molecule has 0 saturated carbocycles. The maximum Gasteiger partial charge on any atom is 0.243 e. The van der Waals surface area contributed by atoms with E-state index in [1.54, 1.807) is 16.4 Å². The predicted molar refractivity (Wildman–Crippen MR) is 85.7 cm³/mol. The Morgan fingerprint density at radius 1 is 1.24 bits per heavy atom. The molecule has 0 unspecified atom stereocenters. The summed E-state index contributed by atoms with van der Waals surface area (Å²) in [6.07, 6.45) is 4.85. The van der Waals surface area contributed by atoms with Gasteiger partial charge in [-0.05, 0) is 37.5 Å². The predicted octanol–water partition coefficient (Wildman–Crippen LogP) is 2.70. The van der Waals surface area contributed by atoms with Gasteiger partial charge in [-0.15, -0.1) is 6.58 Å². The van der Waals surface area contributed by atoms with Crippen LogP contribution in [0.4, 0.5) is 0 Å². The van der Waals surface area contributed by atoms with Gasteiger partial charge < -0.3 is 5.32 Å². The van der Waals surface area contributed by atoms with Crippen LogP contribution in [0.25, 0.3) is 0 Å². The summed E-state index contributed by atoms with van der Waals surface area (Å²) in [6, 6.07) is 7.38. The van der Waals surface area contributed by atoms with Crippen molar-refractivity contribution < 1.29 is 8.42 Å². The van der Waals surface area contributed by atoms with Crippen molar-refractivity contribution in [2.75, 3.05) is 19.6 Å². The van der Waals surface area contributed by atoms with E-state index < -0.39 is 10.0 Å². The van der Waals surface area contributed by atoms with Crippen LogP contribution >= 0.6 is 0 Å². The van der Waals surface area contributed by atoms with Crippen molar-refractivity contribution in [1.82, 2.24) is 9.62 Å². The fourth-order valence-electron chi connectivity index (χ4n) is 2.56. The van der Waals surface area contributed by atoms with E-state index in [0.29, 0.717) is 18.0 Å². The lowest BCUT2D eigenvalue weighted by atomic mass is 10.1. The number of benzene rings is 1. The van der Waals surface area contributed by atoms with Gasteiger partial charge in [0.25, 0.3) is 0 Å². The minimum absolute atomic E-state index is 0.176. The maximum atomic E-state index is 12.5. The Kier molecular flexibility index (Phi) is 5.56. The highest BCUT2D eigenvalue weighted by Gasteiger charge is 2.25. The lowest BCUT2D eigenvalue weighted by Gasteiger charge is -2.26. The summed E-state index contributed by atoms with van der Waals surface area (Å²) < 4.78 is 26.7. The van der Waals surface area contributed by atoms with E-state index in [9.17, 15) is 8.42 Å². The summed E-state index contributed by atoms with van der Waals surface area (Å²) in [5.74, 6) is 0. The van der Waals surface area contributed by atoms with Crippen molar-refractivity contribution in [3.63, 3.8) is 0 Å². The maximum absolute atomic E-state index is 12.5. The third kappa shape index (κ3) is 3.93. The summed E-state index contributed by atoms with van der Waals surface area (Å²) in [5, 5.41) is 3.29. The highest BCUT2D eigenvalue weighted by atomic mass is 32.2. The second-order valence-corrected chi connectivity index (χ2v) is 7.39. The summed E-state index contributed by atoms with van der Waals surface area (Å²) in [6.45, 7) is 7.74. The molecule has 4 nitrogen and oxygen atoms in total. The first-order chi connectivity index (χ1) is 10.1. The summed E-state index contributed by atoms with van der Waals surface area (Å²) in [7, 11) is -3.32. The minimum Gasteiger partial charge on any atom is -0.307 e. The SMILES string of the molecule is C=CCN[C@@H](C)c1ccc(S(=O)(=O)N2CCCCC2)cc1. The van der Waals surface area contributed by atoms with E-state index >= 15 is 0 Å². The lowest BCUT2D eigenvalue weighted by molar-refractivity contribution is 0.346. The van der Waals surface area contributed by atoms with Gasteiger partial charge in [-0.3, -0.25) is 0 Å². The molecule has 21 heavy (non-hydrogen) atoms. The lowest BCUT2D eigenvalue weighted by Crippen LogP contribution is -2.35. The molecule has 116 valence electrons. The molecule has 0 radical (unpaired) electrons. The van der Waals surface area contributed by atoms with Crippen LogP contribution < -0.4 is 5.32 Å². The van der Waals surface area contributed by atoms with Gasteiger partial charge in [0.2, 0.25) is 10.0 Å². The Hall–Kier alpha value is -1.17. The fraction of sp³-hybridized carbons (Fsp3) is 0.500. The quantitative estimate of drug-likeness (QED) is 0.822. The van der Waals surface area contributed by atoms with Crippen molar-refractivity contribution in [2.45, 2.75) is 37.1 Å². The topological polar surface area (TPSA) is 49.4 Å². The van der Waals surface area contributed by atoms with Gasteiger partial charge in [-0.2, -0.15) is 4.31 Å². The average Bonchev–Trinajstić information content (AvgIpc) is 2.53. The van der Waals surface area contributed by atoms with Crippen LogP contribution in [0.5, 0.6) is 0 Å². The van der Waals surface area contributed by atoms with Gasteiger partial charge in [0, 0.05) is 25.7 Å². The van der Waals surface area contributed by atoms with E-state index in [1.165, 1.54) is 0 Å². The van der Waals surface area contributed by atoms with Crippen LogP contribution in [0, 0.1) is 0 Å². The zero-order valence-corrected chi connectivity index (χ0v) is 13.4. The molecule has 1 saturated heterocycles. The Balaban J connectivity index is 2.12. The third-order valence-electron chi connectivity index (χ3n) is 3.90. The molecular formula is C16H24N2O2S. The molecule has 0 aliphatic carbocycles. The molecule has 1 N–H and O–H groups in total. The van der Waals surface area contributed by atoms with Gasteiger partial charge in [0.1, 0.15) is 0 Å². The third-order valence-corrected chi connectivity index (χ3v) is 5.81. The van der Waals surface area contributed by atoms with Crippen LogP contribution in [-0.4, -0.2) is 32.4 Å². The van der Waals surface area contributed by atoms with E-state index in [0.717, 1.165) is 31.4 Å². The summed E-state index contributed by atoms with van der Waals surface area (Å²) >= 11 is 0. The smallest absolute Gasteiger partial charge is 0.243 e. The Morgan fingerprint density at radius 2 is 1.86 bits per heavy atom. The number of piperidine rings is 1. The molecule has 1 aliphatic rings. The van der Waals surface area contributed by atoms with Gasteiger partial charge in [-0.1, -0.05) is 24.6 Å². The second kappa shape index (κ2) is 7.20. The number of hydrogen-bond donors (Lipinski definition) is 1. The molecule has 2 rings (SSSR count). The van der Waals surface area contributed by atoms with Crippen LogP contribution in [0.15, 0.2) is 41.8 Å². The van der Waals surface area contributed by atoms with Crippen molar-refractivity contribution in [1.29, 1.82) is 0 Å². The van der Waals surface area contributed by atoms with E-state index in [-0.39, 0.29) is 6.04 Å². The Labute approximate surface area is 127 Å². The minimum atomic E-state index is -3.32. The molecule has 1 heterocycles. The van der Waals surface area contributed by atoms with E-state index in [4.69, 9.17) is 0 Å². The average molecular weight is 308 g/mol. The number of hydrogen-bond acceptors (Lipinski definition) is 3. The molecule has 0 aromatic heterocycles. The largest absolute Gasteiger partial charge is 0.307 e. The first kappa shape index (κ1) is 16.2. The monoisotopic (exact) mass is 308 g/mol. The van der Waals surface area contributed by atoms with Gasteiger partial charge in [0.05, 0.1) is 4.90 Å². The molecule has 0 bridgehead atoms. The van der Waals surface area contributed by atoms with E-state index in [2.05, 4.69) is 18.8 Å². The van der Waals surface area contributed by atoms with Crippen molar-refractivity contribution >= 4 is 10.0 Å². The van der Waals surface area contributed by atoms with Gasteiger partial charge in [0.15, 0.2) is 0 Å². The molecular weight excluding hydrogens is 284 g/mol. The fourth-order valence-corrected chi connectivity index (χ4v) is 4.08. The Bertz CT molecular complexity index is 560. The zero-order valence-electron chi connectivity index (χ0n) is 12.6.